The Kier molecular flexibility index (Phi) is 7.05. The Balaban J connectivity index is 1.43. The topological polar surface area (TPSA) is 47.0 Å². The van der Waals surface area contributed by atoms with E-state index >= 15 is 0 Å². The fourth-order valence-corrected chi connectivity index (χ4v) is 4.32. The van der Waals surface area contributed by atoms with Gasteiger partial charge in [-0.25, -0.2) is 4.98 Å². The number of ether oxygens (including phenoxy) is 1. The van der Waals surface area contributed by atoms with Gasteiger partial charge in [-0.3, -0.25) is 4.98 Å². The monoisotopic (exact) mass is 385 g/mol. The summed E-state index contributed by atoms with van der Waals surface area (Å²) in [5, 5.41) is 6.59. The van der Waals surface area contributed by atoms with E-state index in [1.807, 2.05) is 42.1 Å². The van der Waals surface area contributed by atoms with Crippen molar-refractivity contribution in [3.8, 4) is 16.5 Å². The summed E-state index contributed by atoms with van der Waals surface area (Å²) in [5.74, 6) is 2.55. The Morgan fingerprint density at radius 2 is 2.04 bits per heavy atom. The van der Waals surface area contributed by atoms with Gasteiger partial charge in [-0.15, -0.1) is 23.1 Å². The molecule has 3 rings (SSSR count). The van der Waals surface area contributed by atoms with Crippen LogP contribution in [-0.4, -0.2) is 29.4 Å². The molecule has 0 bridgehead atoms. The summed E-state index contributed by atoms with van der Waals surface area (Å²) in [6.45, 7) is 4.00. The lowest BCUT2D eigenvalue weighted by molar-refractivity contribution is 0.404. The van der Waals surface area contributed by atoms with E-state index in [-0.39, 0.29) is 0 Å². The number of hydrogen-bond acceptors (Lipinski definition) is 6. The molecule has 6 heteroatoms. The van der Waals surface area contributed by atoms with Crippen LogP contribution in [-0.2, 0) is 6.54 Å². The highest BCUT2D eigenvalue weighted by Gasteiger charge is 2.08. The molecule has 0 radical (unpaired) electrons. The first-order valence-electron chi connectivity index (χ1n) is 8.58. The number of methoxy groups -OCH3 is 1. The van der Waals surface area contributed by atoms with E-state index in [0.29, 0.717) is 5.92 Å². The number of benzene rings is 1. The van der Waals surface area contributed by atoms with Crippen LogP contribution in [0.4, 0.5) is 0 Å². The van der Waals surface area contributed by atoms with Gasteiger partial charge in [0.1, 0.15) is 10.8 Å². The first kappa shape index (κ1) is 18.9. The van der Waals surface area contributed by atoms with E-state index in [1.165, 1.54) is 4.90 Å². The second-order valence-electron chi connectivity index (χ2n) is 6.06. The molecular formula is C20H23N3OS2. The van der Waals surface area contributed by atoms with E-state index in [2.05, 4.69) is 39.7 Å². The fraction of sp³-hybridized carbons (Fsp3) is 0.300. The van der Waals surface area contributed by atoms with Gasteiger partial charge < -0.3 is 10.1 Å². The van der Waals surface area contributed by atoms with Crippen LogP contribution in [0.3, 0.4) is 0 Å². The third-order valence-electron chi connectivity index (χ3n) is 3.83. The SMILES string of the molecule is COc1ccccc1SCC(C)CNCc1csc(-c2ccccn2)n1. The van der Waals surface area contributed by atoms with Crippen LogP contribution in [0.2, 0.25) is 0 Å². The zero-order valence-corrected chi connectivity index (χ0v) is 16.6. The average Bonchev–Trinajstić information content (AvgIpc) is 3.16. The molecule has 0 fully saturated rings. The maximum absolute atomic E-state index is 5.41. The molecule has 0 amide bonds. The van der Waals surface area contributed by atoms with E-state index in [0.717, 1.165) is 41.0 Å². The summed E-state index contributed by atoms with van der Waals surface area (Å²) < 4.78 is 5.41. The highest BCUT2D eigenvalue weighted by molar-refractivity contribution is 7.99. The molecule has 0 spiro atoms. The van der Waals surface area contributed by atoms with Crippen LogP contribution < -0.4 is 10.1 Å². The Morgan fingerprint density at radius 1 is 1.19 bits per heavy atom. The Bertz CT molecular complexity index is 808. The van der Waals surface area contributed by atoms with Crippen molar-refractivity contribution in [1.82, 2.24) is 15.3 Å². The molecule has 0 aliphatic heterocycles. The van der Waals surface area contributed by atoms with Crippen LogP contribution in [0.25, 0.3) is 10.7 Å². The third-order valence-corrected chi connectivity index (χ3v) is 6.12. The van der Waals surface area contributed by atoms with Crippen LogP contribution in [0.15, 0.2) is 58.9 Å². The number of nitrogens with one attached hydrogen (secondary N) is 1. The van der Waals surface area contributed by atoms with Crippen LogP contribution in [0.1, 0.15) is 12.6 Å². The molecule has 1 atom stereocenters. The minimum absolute atomic E-state index is 0.554. The van der Waals surface area contributed by atoms with E-state index < -0.39 is 0 Å². The first-order chi connectivity index (χ1) is 12.8. The normalized spacial score (nSPS) is 12.1. The third kappa shape index (κ3) is 5.30. The van der Waals surface area contributed by atoms with Crippen molar-refractivity contribution in [1.29, 1.82) is 0 Å². The fourth-order valence-electron chi connectivity index (χ4n) is 2.47. The molecule has 0 saturated carbocycles. The Labute approximate surface area is 163 Å². The van der Waals surface area contributed by atoms with E-state index in [9.17, 15) is 0 Å². The lowest BCUT2D eigenvalue weighted by atomic mass is 10.2. The van der Waals surface area contributed by atoms with Crippen molar-refractivity contribution in [2.24, 2.45) is 5.92 Å². The van der Waals surface area contributed by atoms with Gasteiger partial charge in [-0.2, -0.15) is 0 Å². The highest BCUT2D eigenvalue weighted by Crippen LogP contribution is 2.29. The zero-order valence-electron chi connectivity index (χ0n) is 15.0. The number of thioether (sulfide) groups is 1. The highest BCUT2D eigenvalue weighted by atomic mass is 32.2. The molecule has 1 unspecified atom stereocenters. The summed E-state index contributed by atoms with van der Waals surface area (Å²) in [6.07, 6.45) is 1.80. The number of para-hydroxylation sites is 1. The second-order valence-corrected chi connectivity index (χ2v) is 7.98. The molecular weight excluding hydrogens is 362 g/mol. The predicted octanol–water partition coefficient (Wildman–Crippen LogP) is 4.73. The minimum Gasteiger partial charge on any atom is -0.496 e. The molecule has 1 aromatic carbocycles. The van der Waals surface area contributed by atoms with Gasteiger partial charge in [0.25, 0.3) is 0 Å². The maximum atomic E-state index is 5.41. The van der Waals surface area contributed by atoms with Crippen molar-refractivity contribution in [3.05, 3.63) is 59.7 Å². The van der Waals surface area contributed by atoms with E-state index in [4.69, 9.17) is 4.74 Å². The molecule has 0 saturated heterocycles. The molecule has 4 nitrogen and oxygen atoms in total. The Morgan fingerprint density at radius 3 is 2.85 bits per heavy atom. The van der Waals surface area contributed by atoms with Crippen molar-refractivity contribution >= 4 is 23.1 Å². The number of aromatic nitrogens is 2. The quantitative estimate of drug-likeness (QED) is 0.540. The summed E-state index contributed by atoms with van der Waals surface area (Å²) in [7, 11) is 1.72. The van der Waals surface area contributed by atoms with Crippen LogP contribution in [0, 0.1) is 5.92 Å². The molecule has 136 valence electrons. The predicted molar refractivity (Wildman–Crippen MR) is 110 cm³/mol. The lowest BCUT2D eigenvalue weighted by Crippen LogP contribution is -2.22. The molecule has 2 heterocycles. The lowest BCUT2D eigenvalue weighted by Gasteiger charge is -2.13. The van der Waals surface area contributed by atoms with Gasteiger partial charge in [0, 0.05) is 28.8 Å². The Hall–Kier alpha value is -1.89. The van der Waals surface area contributed by atoms with Crippen LogP contribution in [0.5, 0.6) is 5.75 Å². The molecule has 0 aliphatic rings. The minimum atomic E-state index is 0.554. The standard InChI is InChI=1S/C20H23N3OS2/c1-15(13-25-19-9-4-3-8-18(19)24-2)11-21-12-16-14-26-20(23-16)17-7-5-6-10-22-17/h3-10,14-15,21H,11-13H2,1-2H3. The molecule has 0 aliphatic carbocycles. The molecule has 2 aromatic heterocycles. The van der Waals surface area contributed by atoms with Crippen molar-refractivity contribution in [2.75, 3.05) is 19.4 Å². The first-order valence-corrected chi connectivity index (χ1v) is 10.4. The van der Waals surface area contributed by atoms with Crippen molar-refractivity contribution in [3.63, 3.8) is 0 Å². The summed E-state index contributed by atoms with van der Waals surface area (Å²) >= 11 is 3.48. The average molecular weight is 386 g/mol. The molecule has 3 aromatic rings. The van der Waals surface area contributed by atoms with Gasteiger partial charge in [0.2, 0.25) is 0 Å². The summed E-state index contributed by atoms with van der Waals surface area (Å²) in [5.41, 5.74) is 2.01. The van der Waals surface area contributed by atoms with Gasteiger partial charge >= 0.3 is 0 Å². The zero-order chi connectivity index (χ0) is 18.2. The molecule has 1 N–H and O–H groups in total. The van der Waals surface area contributed by atoms with Crippen molar-refractivity contribution in [2.45, 2.75) is 18.4 Å². The molecule has 26 heavy (non-hydrogen) atoms. The number of pyridine rings is 1. The van der Waals surface area contributed by atoms with Gasteiger partial charge in [-0.1, -0.05) is 25.1 Å². The van der Waals surface area contributed by atoms with Gasteiger partial charge in [-0.05, 0) is 36.7 Å². The second kappa shape index (κ2) is 9.71. The largest absolute Gasteiger partial charge is 0.496 e. The summed E-state index contributed by atoms with van der Waals surface area (Å²) in [4.78, 5) is 10.2. The maximum Gasteiger partial charge on any atom is 0.142 e. The smallest absolute Gasteiger partial charge is 0.142 e. The van der Waals surface area contributed by atoms with Crippen molar-refractivity contribution < 1.29 is 4.74 Å². The van der Waals surface area contributed by atoms with Crippen LogP contribution >= 0.6 is 23.1 Å². The number of thiazole rings is 1. The van der Waals surface area contributed by atoms with Gasteiger partial charge in [0.15, 0.2) is 0 Å². The number of nitrogens with zero attached hydrogens (tertiary/aromatic N) is 2. The summed E-state index contributed by atoms with van der Waals surface area (Å²) in [6, 6.07) is 14.1. The number of rotatable bonds is 9. The van der Waals surface area contributed by atoms with Gasteiger partial charge in [0.05, 0.1) is 18.5 Å². The van der Waals surface area contributed by atoms with E-state index in [1.54, 1.807) is 24.6 Å². The number of hydrogen-bond donors (Lipinski definition) is 1.